The second-order valence-electron chi connectivity index (χ2n) is 4.09. The van der Waals surface area contributed by atoms with Crippen LogP contribution in [0.3, 0.4) is 0 Å². The monoisotopic (exact) mass is 346 g/mol. The van der Waals surface area contributed by atoms with Crippen LogP contribution >= 0.6 is 11.6 Å². The molecular weight excluding hydrogens is 332 g/mol. The molecule has 1 rings (SSSR count). The lowest BCUT2D eigenvalue weighted by Gasteiger charge is -2.22. The number of halogens is 1. The molecule has 0 saturated carbocycles. The molecule has 2 N–H and O–H groups in total. The molecule has 0 aliphatic carbocycles. The molecule has 9 heteroatoms. The minimum absolute atomic E-state index is 0.156. The van der Waals surface area contributed by atoms with E-state index in [-0.39, 0.29) is 6.54 Å². The van der Waals surface area contributed by atoms with Gasteiger partial charge >= 0.3 is 16.4 Å². The van der Waals surface area contributed by atoms with Gasteiger partial charge in [-0.25, -0.2) is 4.79 Å². The van der Waals surface area contributed by atoms with E-state index in [0.29, 0.717) is 10.7 Å². The molecule has 0 aliphatic rings. The Balaban J connectivity index is 2.93. The average Bonchev–Trinajstić information content (AvgIpc) is 2.38. The molecule has 1 atom stereocenters. The van der Waals surface area contributed by atoms with Crippen molar-refractivity contribution in [2.75, 3.05) is 11.4 Å². The molecule has 0 saturated heterocycles. The van der Waals surface area contributed by atoms with Gasteiger partial charge in [0.1, 0.15) is 12.1 Å². The summed E-state index contributed by atoms with van der Waals surface area (Å²) in [5, 5.41) is 9.65. The highest BCUT2D eigenvalue weighted by Crippen LogP contribution is 2.21. The van der Waals surface area contributed by atoms with Gasteiger partial charge in [0.25, 0.3) is 0 Å². The van der Waals surface area contributed by atoms with Gasteiger partial charge < -0.3 is 9.29 Å². The Bertz CT molecular complexity index is 696. The highest BCUT2D eigenvalue weighted by molar-refractivity contribution is 7.84. The molecule has 0 radical (unpaired) electrons. The number of carbonyl (C=O) groups is 1. The van der Waals surface area contributed by atoms with Crippen molar-refractivity contribution in [1.82, 2.24) is 4.72 Å². The summed E-state index contributed by atoms with van der Waals surface area (Å²) in [5.74, 6) is 2.41. The van der Waals surface area contributed by atoms with Crippen LogP contribution in [-0.4, -0.2) is 32.2 Å². The van der Waals surface area contributed by atoms with E-state index in [4.69, 9.17) is 11.6 Å². The second-order valence-corrected chi connectivity index (χ2v) is 5.89. The Kier molecular flexibility index (Phi) is 6.49. The van der Waals surface area contributed by atoms with E-state index in [1.165, 1.54) is 13.0 Å². The minimum Gasteiger partial charge on any atom is -0.465 e. The number of hydrogen-bond donors (Lipinski definition) is 2. The molecule has 1 aromatic carbocycles. The Morgan fingerprint density at radius 3 is 2.77 bits per heavy atom. The minimum atomic E-state index is -3.96. The number of nitrogens with zero attached hydrogens (tertiary/aromatic N) is 1. The molecule has 7 nitrogen and oxygen atoms in total. The summed E-state index contributed by atoms with van der Waals surface area (Å²) in [6.45, 7) is 3.23. The highest BCUT2D eigenvalue weighted by atomic mass is 35.5. The summed E-state index contributed by atoms with van der Waals surface area (Å²) in [6.07, 6.45) is 0.740. The maximum absolute atomic E-state index is 11.4. The first kappa shape index (κ1) is 18.1. The van der Waals surface area contributed by atoms with Gasteiger partial charge in [-0.2, -0.15) is 13.1 Å². The van der Waals surface area contributed by atoms with Crippen LogP contribution in [0.15, 0.2) is 24.3 Å². The molecule has 0 aromatic heterocycles. The fourth-order valence-corrected chi connectivity index (χ4v) is 2.32. The van der Waals surface area contributed by atoms with Crippen LogP contribution in [0.1, 0.15) is 13.8 Å². The molecule has 0 bridgehead atoms. The summed E-state index contributed by atoms with van der Waals surface area (Å²) in [6, 6.07) is 5.37. The van der Waals surface area contributed by atoms with Gasteiger partial charge in [-0.15, -0.1) is 0 Å². The molecule has 120 valence electrons. The fourth-order valence-electron chi connectivity index (χ4n) is 1.56. The summed E-state index contributed by atoms with van der Waals surface area (Å²) in [5.41, 5.74) is 0.316. The summed E-state index contributed by atoms with van der Waals surface area (Å²) in [7, 11) is -3.96. The Morgan fingerprint density at radius 2 is 2.23 bits per heavy atom. The Hall–Kier alpha value is -1.95. The third kappa shape index (κ3) is 5.44. The molecule has 0 fully saturated rings. The predicted octanol–water partition coefficient (Wildman–Crippen LogP) is 2.04. The van der Waals surface area contributed by atoms with E-state index in [1.807, 2.05) is 6.11 Å². The lowest BCUT2D eigenvalue weighted by Crippen LogP contribution is -2.36. The van der Waals surface area contributed by atoms with E-state index < -0.39 is 22.4 Å². The van der Waals surface area contributed by atoms with Crippen LogP contribution in [0.5, 0.6) is 0 Å². The third-order valence-corrected chi connectivity index (χ3v) is 3.60. The maximum Gasteiger partial charge on any atom is 0.412 e. The third-order valence-electron chi connectivity index (χ3n) is 2.42. The first-order valence-electron chi connectivity index (χ1n) is 6.23. The lowest BCUT2D eigenvalue weighted by molar-refractivity contribution is 0.201. The van der Waals surface area contributed by atoms with Crippen molar-refractivity contribution in [3.8, 4) is 12.0 Å². The average molecular weight is 347 g/mol. The highest BCUT2D eigenvalue weighted by Gasteiger charge is 2.20. The summed E-state index contributed by atoms with van der Waals surface area (Å²) < 4.78 is 29.0. The molecule has 1 aromatic rings. The normalized spacial score (nSPS) is 12.0. The molecular formula is C13H15ClN2O5S. The van der Waals surface area contributed by atoms with Crippen LogP contribution in [0.25, 0.3) is 0 Å². The number of amides is 1. The smallest absolute Gasteiger partial charge is 0.412 e. The lowest BCUT2D eigenvalue weighted by atomic mass is 10.2. The summed E-state index contributed by atoms with van der Waals surface area (Å²) >= 11 is 5.83. The first-order chi connectivity index (χ1) is 10.3. The zero-order valence-electron chi connectivity index (χ0n) is 11.9. The fraction of sp³-hybridized carbons (Fsp3) is 0.308. The molecule has 0 heterocycles. The van der Waals surface area contributed by atoms with E-state index >= 15 is 0 Å². The van der Waals surface area contributed by atoms with Crippen molar-refractivity contribution in [1.29, 1.82) is 0 Å². The number of anilines is 1. The standard InChI is InChI=1S/C13H15ClN2O5S/c1-3-15-22(19,20)21-8-7-10(2)16(13(17)18)12-6-4-5-11(14)9-12/h4-6,9-10,15H,3H2,1-2H3,(H,17,18). The van der Waals surface area contributed by atoms with Gasteiger partial charge in [-0.1, -0.05) is 24.6 Å². The Labute approximate surface area is 134 Å². The van der Waals surface area contributed by atoms with Crippen molar-refractivity contribution in [2.24, 2.45) is 0 Å². The van der Waals surface area contributed by atoms with Gasteiger partial charge in [-0.3, -0.25) is 4.90 Å². The molecule has 22 heavy (non-hydrogen) atoms. The van der Waals surface area contributed by atoms with Gasteiger partial charge in [0.15, 0.2) is 0 Å². The Morgan fingerprint density at radius 1 is 1.55 bits per heavy atom. The van der Waals surface area contributed by atoms with Crippen LogP contribution < -0.4 is 9.62 Å². The van der Waals surface area contributed by atoms with Crippen LogP contribution in [0.4, 0.5) is 10.5 Å². The second kappa shape index (κ2) is 7.89. The summed E-state index contributed by atoms with van der Waals surface area (Å²) in [4.78, 5) is 12.3. The van der Waals surface area contributed by atoms with Crippen LogP contribution in [0, 0.1) is 12.0 Å². The van der Waals surface area contributed by atoms with Crippen molar-refractivity contribution >= 4 is 33.7 Å². The predicted molar refractivity (Wildman–Crippen MR) is 82.9 cm³/mol. The maximum atomic E-state index is 11.4. The number of rotatable bonds is 5. The van der Waals surface area contributed by atoms with Crippen molar-refractivity contribution < 1.29 is 22.5 Å². The van der Waals surface area contributed by atoms with E-state index in [0.717, 1.165) is 4.90 Å². The van der Waals surface area contributed by atoms with Gasteiger partial charge in [0.2, 0.25) is 0 Å². The van der Waals surface area contributed by atoms with Gasteiger partial charge in [0, 0.05) is 17.3 Å². The largest absolute Gasteiger partial charge is 0.465 e. The van der Waals surface area contributed by atoms with E-state index in [9.17, 15) is 18.3 Å². The zero-order valence-corrected chi connectivity index (χ0v) is 13.5. The number of benzene rings is 1. The van der Waals surface area contributed by atoms with E-state index in [2.05, 4.69) is 14.8 Å². The SMILES string of the molecule is CCNS(=O)(=O)OC#CC(C)N(C(=O)O)c1cccc(Cl)c1. The van der Waals surface area contributed by atoms with E-state index in [1.54, 1.807) is 25.1 Å². The van der Waals surface area contributed by atoms with Crippen LogP contribution in [0.2, 0.25) is 5.02 Å². The van der Waals surface area contributed by atoms with Gasteiger partial charge in [-0.05, 0) is 31.0 Å². The number of hydrogen-bond acceptors (Lipinski definition) is 4. The van der Waals surface area contributed by atoms with Crippen molar-refractivity contribution in [3.63, 3.8) is 0 Å². The molecule has 0 aliphatic heterocycles. The number of nitrogens with one attached hydrogen (secondary N) is 1. The van der Waals surface area contributed by atoms with Crippen molar-refractivity contribution in [2.45, 2.75) is 19.9 Å². The topological polar surface area (TPSA) is 95.9 Å². The van der Waals surface area contributed by atoms with Gasteiger partial charge in [0.05, 0.1) is 0 Å². The number of carboxylic acid groups (broad SMARTS) is 1. The zero-order chi connectivity index (χ0) is 16.8. The van der Waals surface area contributed by atoms with Crippen LogP contribution in [-0.2, 0) is 14.5 Å². The van der Waals surface area contributed by atoms with Crippen molar-refractivity contribution in [3.05, 3.63) is 29.3 Å². The molecule has 1 amide bonds. The quantitative estimate of drug-likeness (QED) is 0.795. The molecule has 1 unspecified atom stereocenters. The first-order valence-corrected chi connectivity index (χ1v) is 8.01. The molecule has 0 spiro atoms.